The summed E-state index contributed by atoms with van der Waals surface area (Å²) in [5.74, 6) is 2.33. The minimum Gasteiger partial charge on any atom is -0.507 e. The van der Waals surface area contributed by atoms with Crippen LogP contribution in [0.5, 0.6) is 5.75 Å². The van der Waals surface area contributed by atoms with Crippen molar-refractivity contribution < 1.29 is 5.11 Å². The molecule has 3 aromatic carbocycles. The molecule has 188 valence electrons. The fraction of sp³-hybridized carbons (Fsp3) is 0.471. The van der Waals surface area contributed by atoms with E-state index in [1.165, 1.54) is 44.5 Å². The summed E-state index contributed by atoms with van der Waals surface area (Å²) in [6.07, 6.45) is 0. The molecule has 0 aliphatic rings. The van der Waals surface area contributed by atoms with Crippen molar-refractivity contribution in [1.82, 2.24) is 0 Å². The van der Waals surface area contributed by atoms with Crippen LogP contribution in [0.3, 0.4) is 0 Å². The standard InChI is InChI=1S/C34H46O/c1-19(2)25-17-30(22(7)8)33(31(18-25)23(9)10)27-14-12-13-26(34(27)35)32-28(20(3)4)15-24(11)16-29(32)21(5)6/h12-23,35H,1-11H3. The zero-order valence-electron chi connectivity index (χ0n) is 23.9. The van der Waals surface area contributed by atoms with Crippen LogP contribution in [0.4, 0.5) is 0 Å². The van der Waals surface area contributed by atoms with Crippen LogP contribution in [-0.4, -0.2) is 5.11 Å². The van der Waals surface area contributed by atoms with Crippen molar-refractivity contribution in [2.75, 3.05) is 0 Å². The Kier molecular flexibility index (Phi) is 8.20. The van der Waals surface area contributed by atoms with E-state index in [-0.39, 0.29) is 0 Å². The van der Waals surface area contributed by atoms with E-state index >= 15 is 0 Å². The van der Waals surface area contributed by atoms with Crippen molar-refractivity contribution in [3.8, 4) is 28.0 Å². The number of hydrogen-bond acceptors (Lipinski definition) is 1. The predicted octanol–water partition coefficient (Wildman–Crippen LogP) is 10.7. The number of aryl methyl sites for hydroxylation is 1. The molecule has 0 aromatic heterocycles. The van der Waals surface area contributed by atoms with Crippen LogP contribution >= 0.6 is 0 Å². The first kappa shape index (κ1) is 27.1. The molecule has 0 heterocycles. The fourth-order valence-corrected chi connectivity index (χ4v) is 5.28. The van der Waals surface area contributed by atoms with E-state index in [0.29, 0.717) is 35.3 Å². The van der Waals surface area contributed by atoms with Gasteiger partial charge in [-0.3, -0.25) is 0 Å². The van der Waals surface area contributed by atoms with Crippen LogP contribution in [0.25, 0.3) is 22.3 Å². The number of para-hydroxylation sites is 1. The first-order valence-corrected chi connectivity index (χ1v) is 13.5. The molecule has 0 aliphatic heterocycles. The highest BCUT2D eigenvalue weighted by molar-refractivity contribution is 5.87. The van der Waals surface area contributed by atoms with Crippen molar-refractivity contribution in [2.45, 2.75) is 106 Å². The third-order valence-electron chi connectivity index (χ3n) is 7.29. The Morgan fingerprint density at radius 1 is 0.514 bits per heavy atom. The van der Waals surface area contributed by atoms with Crippen LogP contribution in [0.1, 0.15) is 132 Å². The summed E-state index contributed by atoms with van der Waals surface area (Å²) in [4.78, 5) is 0. The summed E-state index contributed by atoms with van der Waals surface area (Å²) in [7, 11) is 0. The van der Waals surface area contributed by atoms with E-state index in [1.807, 2.05) is 0 Å². The molecule has 0 amide bonds. The van der Waals surface area contributed by atoms with E-state index < -0.39 is 0 Å². The maximum atomic E-state index is 12.0. The van der Waals surface area contributed by atoms with Crippen LogP contribution in [0, 0.1) is 6.92 Å². The average Bonchev–Trinajstić information content (AvgIpc) is 2.77. The van der Waals surface area contributed by atoms with Gasteiger partial charge in [-0.05, 0) is 75.5 Å². The zero-order chi connectivity index (χ0) is 26.2. The maximum absolute atomic E-state index is 12.0. The van der Waals surface area contributed by atoms with Gasteiger partial charge in [-0.25, -0.2) is 0 Å². The molecule has 0 fully saturated rings. The Labute approximate surface area is 214 Å². The van der Waals surface area contributed by atoms with Crippen LogP contribution in [0.2, 0.25) is 0 Å². The van der Waals surface area contributed by atoms with Gasteiger partial charge < -0.3 is 5.11 Å². The highest BCUT2D eigenvalue weighted by atomic mass is 16.3. The van der Waals surface area contributed by atoms with Gasteiger partial charge in [0.25, 0.3) is 0 Å². The van der Waals surface area contributed by atoms with Gasteiger partial charge in [0.2, 0.25) is 0 Å². The molecular formula is C34H46O. The number of phenols is 1. The second-order valence-corrected chi connectivity index (χ2v) is 11.9. The van der Waals surface area contributed by atoms with Crippen molar-refractivity contribution in [1.29, 1.82) is 0 Å². The Morgan fingerprint density at radius 3 is 1.17 bits per heavy atom. The molecule has 1 N–H and O–H groups in total. The quantitative estimate of drug-likeness (QED) is 0.364. The minimum atomic E-state index is 0.362. The van der Waals surface area contributed by atoms with Crippen molar-refractivity contribution in [2.24, 2.45) is 0 Å². The Balaban J connectivity index is 2.43. The molecular weight excluding hydrogens is 424 g/mol. The molecule has 1 heteroatoms. The minimum absolute atomic E-state index is 0.362. The van der Waals surface area contributed by atoms with E-state index in [9.17, 15) is 5.11 Å². The normalized spacial score (nSPS) is 12.1. The average molecular weight is 471 g/mol. The first-order valence-electron chi connectivity index (χ1n) is 13.5. The molecule has 0 aliphatic carbocycles. The molecule has 0 bridgehead atoms. The van der Waals surface area contributed by atoms with Crippen LogP contribution in [-0.2, 0) is 0 Å². The van der Waals surface area contributed by atoms with Crippen molar-refractivity contribution >= 4 is 0 Å². The largest absolute Gasteiger partial charge is 0.507 e. The van der Waals surface area contributed by atoms with Gasteiger partial charge in [-0.15, -0.1) is 0 Å². The monoisotopic (exact) mass is 470 g/mol. The lowest BCUT2D eigenvalue weighted by molar-refractivity contribution is 0.479. The Hall–Kier alpha value is -2.54. The van der Waals surface area contributed by atoms with Crippen LogP contribution < -0.4 is 0 Å². The van der Waals surface area contributed by atoms with Crippen LogP contribution in [0.15, 0.2) is 42.5 Å². The summed E-state index contributed by atoms with van der Waals surface area (Å²) in [6, 6.07) is 15.7. The van der Waals surface area contributed by atoms with E-state index in [4.69, 9.17) is 0 Å². The van der Waals surface area contributed by atoms with Gasteiger partial charge in [-0.1, -0.05) is 117 Å². The molecule has 3 aromatic rings. The Bertz CT molecular complexity index is 1130. The molecule has 3 rings (SSSR count). The van der Waals surface area contributed by atoms with Gasteiger partial charge in [0.05, 0.1) is 0 Å². The summed E-state index contributed by atoms with van der Waals surface area (Å²) >= 11 is 0. The maximum Gasteiger partial charge on any atom is 0.131 e. The molecule has 35 heavy (non-hydrogen) atoms. The third kappa shape index (κ3) is 5.35. The molecule has 0 atom stereocenters. The predicted molar refractivity (Wildman–Crippen MR) is 154 cm³/mol. The zero-order valence-corrected chi connectivity index (χ0v) is 23.9. The lowest BCUT2D eigenvalue weighted by Crippen LogP contribution is -2.05. The molecule has 0 spiro atoms. The summed E-state index contributed by atoms with van der Waals surface area (Å²) < 4.78 is 0. The van der Waals surface area contributed by atoms with Crippen molar-refractivity contribution in [3.05, 3.63) is 75.8 Å². The first-order chi connectivity index (χ1) is 16.3. The lowest BCUT2D eigenvalue weighted by Gasteiger charge is -2.26. The number of phenolic OH excluding ortho intramolecular Hbond substituents is 1. The highest BCUT2D eigenvalue weighted by Crippen LogP contribution is 2.48. The number of hydrogen-bond donors (Lipinski definition) is 1. The van der Waals surface area contributed by atoms with Gasteiger partial charge in [0, 0.05) is 11.1 Å². The Morgan fingerprint density at radius 2 is 0.857 bits per heavy atom. The number of benzene rings is 3. The highest BCUT2D eigenvalue weighted by Gasteiger charge is 2.24. The van der Waals surface area contributed by atoms with Gasteiger partial charge >= 0.3 is 0 Å². The molecule has 0 saturated heterocycles. The topological polar surface area (TPSA) is 20.2 Å². The lowest BCUT2D eigenvalue weighted by atomic mass is 9.79. The SMILES string of the molecule is Cc1cc(C(C)C)c(-c2cccc(-c3c(C(C)C)cc(C(C)C)cc3C(C)C)c2O)c(C(C)C)c1. The summed E-state index contributed by atoms with van der Waals surface area (Å²) in [5, 5.41) is 12.0. The summed E-state index contributed by atoms with van der Waals surface area (Å²) in [5.41, 5.74) is 12.2. The number of rotatable bonds is 7. The molecule has 0 unspecified atom stereocenters. The van der Waals surface area contributed by atoms with E-state index in [2.05, 4.69) is 119 Å². The van der Waals surface area contributed by atoms with E-state index in [1.54, 1.807) is 0 Å². The van der Waals surface area contributed by atoms with Crippen molar-refractivity contribution in [3.63, 3.8) is 0 Å². The van der Waals surface area contributed by atoms with Gasteiger partial charge in [-0.2, -0.15) is 0 Å². The van der Waals surface area contributed by atoms with E-state index in [0.717, 1.165) is 11.1 Å². The number of aromatic hydroxyl groups is 1. The molecule has 0 saturated carbocycles. The fourth-order valence-electron chi connectivity index (χ4n) is 5.28. The molecule has 0 radical (unpaired) electrons. The summed E-state index contributed by atoms with van der Waals surface area (Å²) in [6.45, 7) is 24.8. The van der Waals surface area contributed by atoms with Gasteiger partial charge in [0.15, 0.2) is 0 Å². The second-order valence-electron chi connectivity index (χ2n) is 11.9. The smallest absolute Gasteiger partial charge is 0.131 e. The molecule has 1 nitrogen and oxygen atoms in total. The second kappa shape index (κ2) is 10.6. The van der Waals surface area contributed by atoms with Gasteiger partial charge in [0.1, 0.15) is 5.75 Å². The third-order valence-corrected chi connectivity index (χ3v) is 7.29.